The Labute approximate surface area is 262 Å². The van der Waals surface area contributed by atoms with Gasteiger partial charge in [0.15, 0.2) is 6.10 Å². The summed E-state index contributed by atoms with van der Waals surface area (Å²) < 4.78 is 42.9. The number of aromatic nitrogens is 1. The van der Waals surface area contributed by atoms with Gasteiger partial charge in [-0.2, -0.15) is 13.2 Å². The van der Waals surface area contributed by atoms with Gasteiger partial charge in [0.1, 0.15) is 6.10 Å². The second-order valence-corrected chi connectivity index (χ2v) is 12.1. The maximum Gasteiger partial charge on any atom is 0.490 e. The summed E-state index contributed by atoms with van der Waals surface area (Å²) in [5.74, 6) is -3.60. The molecule has 13 heteroatoms. The molecule has 0 aromatic carbocycles. The Morgan fingerprint density at radius 1 is 1.13 bits per heavy atom. The van der Waals surface area contributed by atoms with E-state index in [9.17, 15) is 33.3 Å². The quantitative estimate of drug-likeness (QED) is 0.199. The molecule has 1 aliphatic heterocycles. The van der Waals surface area contributed by atoms with Crippen LogP contribution in [0, 0.1) is 29.6 Å². The number of fused-ring (bicyclic) bond motifs is 1. The molecule has 11 atom stereocenters. The van der Waals surface area contributed by atoms with Crippen molar-refractivity contribution in [1.82, 2.24) is 10.3 Å². The molecule has 0 radical (unpaired) electrons. The number of aliphatic hydroxyl groups is 3. The lowest BCUT2D eigenvalue weighted by molar-refractivity contribution is -0.192. The van der Waals surface area contributed by atoms with E-state index in [1.165, 1.54) is 7.11 Å². The SMILES string of the molecule is CO[C@H]1CC2C=C[C@@H](C(O)C(NCc3ccncc3)C(C)C(C)O)CC2/C(C)=C/C(C)[C@@H](C(C)O)OC1=O.O=C(O)C(F)(F)F. The van der Waals surface area contributed by atoms with E-state index in [-0.39, 0.29) is 35.6 Å². The fourth-order valence-electron chi connectivity index (χ4n) is 5.93. The predicted molar refractivity (Wildman–Crippen MR) is 160 cm³/mol. The number of alkyl halides is 3. The molecule has 0 saturated carbocycles. The molecule has 3 rings (SSSR count). The molecule has 2 aliphatic rings. The fourth-order valence-corrected chi connectivity index (χ4v) is 5.93. The highest BCUT2D eigenvalue weighted by molar-refractivity contribution is 5.75. The van der Waals surface area contributed by atoms with Crippen LogP contribution < -0.4 is 5.32 Å². The van der Waals surface area contributed by atoms with E-state index in [1.807, 2.05) is 26.0 Å². The number of allylic oxidation sites excluding steroid dienone is 2. The molecule has 0 fully saturated rings. The molecule has 1 aromatic heterocycles. The van der Waals surface area contributed by atoms with Gasteiger partial charge in [-0.05, 0) is 69.1 Å². The standard InChI is InChI=1S/C30H46N2O6.C2HF3O2/c1-17-13-18(2)29(21(5)34)38-30(36)26(37-6)15-23-7-8-24(14-25(17)23)28(35)27(19(3)20(4)33)32-16-22-9-11-31-12-10-22;3-2(4,5)1(6)7/h7-13,18-21,23-29,32-35H,14-16H2,1-6H3;(H,6,7)/b17-13+;/t18?,19?,20?,21?,23?,24-,25?,26+,27?,28?,29+;/m1./s1. The maximum atomic E-state index is 12.9. The first kappa shape index (κ1) is 38.3. The van der Waals surface area contributed by atoms with Crippen LogP contribution in [0.3, 0.4) is 0 Å². The Balaban J connectivity index is 0.000000900. The van der Waals surface area contributed by atoms with E-state index >= 15 is 0 Å². The average molecular weight is 645 g/mol. The minimum atomic E-state index is -5.08. The monoisotopic (exact) mass is 644 g/mol. The number of carboxylic acid groups (broad SMARTS) is 1. The summed E-state index contributed by atoms with van der Waals surface area (Å²) >= 11 is 0. The Hall–Kier alpha value is -2.84. The van der Waals surface area contributed by atoms with Gasteiger partial charge in [-0.15, -0.1) is 0 Å². The largest absolute Gasteiger partial charge is 0.490 e. The van der Waals surface area contributed by atoms with E-state index in [2.05, 4.69) is 35.5 Å². The zero-order valence-electron chi connectivity index (χ0n) is 26.5. The van der Waals surface area contributed by atoms with Crippen molar-refractivity contribution in [2.45, 2.75) is 96.7 Å². The zero-order valence-corrected chi connectivity index (χ0v) is 26.5. The van der Waals surface area contributed by atoms with Crippen molar-refractivity contribution < 1.29 is 52.7 Å². The summed E-state index contributed by atoms with van der Waals surface area (Å²) in [4.78, 5) is 25.9. The van der Waals surface area contributed by atoms with Gasteiger partial charge in [-0.25, -0.2) is 9.59 Å². The summed E-state index contributed by atoms with van der Waals surface area (Å²) in [5, 5.41) is 43.0. The second kappa shape index (κ2) is 17.2. The summed E-state index contributed by atoms with van der Waals surface area (Å²) in [6.45, 7) is 9.92. The highest BCUT2D eigenvalue weighted by Gasteiger charge is 2.40. The summed E-state index contributed by atoms with van der Waals surface area (Å²) in [6.07, 6.45) is 2.26. The van der Waals surface area contributed by atoms with E-state index < -0.39 is 48.6 Å². The molecule has 254 valence electrons. The third kappa shape index (κ3) is 11.2. The van der Waals surface area contributed by atoms with Crippen LogP contribution in [0.25, 0.3) is 0 Å². The molecule has 45 heavy (non-hydrogen) atoms. The summed E-state index contributed by atoms with van der Waals surface area (Å²) in [5.41, 5.74) is 2.20. The van der Waals surface area contributed by atoms with Crippen LogP contribution in [0.5, 0.6) is 0 Å². The normalized spacial score (nSPS) is 30.1. The van der Waals surface area contributed by atoms with E-state index in [0.29, 0.717) is 19.4 Å². The number of aliphatic hydroxyl groups excluding tert-OH is 3. The number of halogens is 3. The van der Waals surface area contributed by atoms with Gasteiger partial charge in [-0.1, -0.05) is 37.6 Å². The number of aliphatic carboxylic acids is 1. The Kier molecular flexibility index (Phi) is 14.6. The number of ether oxygens (including phenoxy) is 2. The van der Waals surface area contributed by atoms with Crippen molar-refractivity contribution in [2.75, 3.05) is 7.11 Å². The van der Waals surface area contributed by atoms with Crippen molar-refractivity contribution in [3.63, 3.8) is 0 Å². The van der Waals surface area contributed by atoms with Gasteiger partial charge in [0.25, 0.3) is 0 Å². The fraction of sp³-hybridized carbons (Fsp3) is 0.656. The molecule has 0 saturated heterocycles. The number of nitrogens with zero attached hydrogens (tertiary/aromatic N) is 1. The van der Waals surface area contributed by atoms with Crippen molar-refractivity contribution in [3.05, 3.63) is 53.9 Å². The number of carbonyl (C=O) groups is 2. The molecular weight excluding hydrogens is 597 g/mol. The zero-order chi connectivity index (χ0) is 34.1. The number of esters is 1. The van der Waals surface area contributed by atoms with Gasteiger partial charge in [-0.3, -0.25) is 4.98 Å². The first-order chi connectivity index (χ1) is 21.0. The molecule has 2 heterocycles. The lowest BCUT2D eigenvalue weighted by Crippen LogP contribution is -2.51. The van der Waals surface area contributed by atoms with Crippen molar-refractivity contribution in [1.29, 1.82) is 0 Å². The number of pyridine rings is 1. The second-order valence-electron chi connectivity index (χ2n) is 12.1. The third-order valence-electron chi connectivity index (χ3n) is 8.71. The van der Waals surface area contributed by atoms with Crippen LogP contribution in [-0.4, -0.2) is 87.2 Å². The number of hydrogen-bond acceptors (Lipinski definition) is 9. The van der Waals surface area contributed by atoms with Crippen LogP contribution in [0.15, 0.2) is 48.3 Å². The van der Waals surface area contributed by atoms with Crippen molar-refractivity contribution in [3.8, 4) is 0 Å². The average Bonchev–Trinajstić information content (AvgIpc) is 2.97. The molecular formula is C32H47F3N2O8. The van der Waals surface area contributed by atoms with Gasteiger partial charge in [0.2, 0.25) is 0 Å². The highest BCUT2D eigenvalue weighted by atomic mass is 19.4. The molecule has 0 bridgehead atoms. The first-order valence-electron chi connectivity index (χ1n) is 15.0. The molecule has 0 spiro atoms. The predicted octanol–water partition coefficient (Wildman–Crippen LogP) is 3.65. The van der Waals surface area contributed by atoms with E-state index in [1.54, 1.807) is 26.2 Å². The van der Waals surface area contributed by atoms with E-state index in [4.69, 9.17) is 19.4 Å². The molecule has 1 aromatic rings. The number of carboxylic acids is 1. The van der Waals surface area contributed by atoms with Crippen LogP contribution >= 0.6 is 0 Å². The van der Waals surface area contributed by atoms with Gasteiger partial charge in [0.05, 0.1) is 18.3 Å². The minimum Gasteiger partial charge on any atom is -0.475 e. The Bertz CT molecular complexity index is 1140. The van der Waals surface area contributed by atoms with Crippen LogP contribution in [-0.2, 0) is 25.6 Å². The lowest BCUT2D eigenvalue weighted by Gasteiger charge is -2.41. The summed E-state index contributed by atoms with van der Waals surface area (Å²) in [7, 11) is 1.51. The van der Waals surface area contributed by atoms with Crippen molar-refractivity contribution >= 4 is 11.9 Å². The number of hydrogen-bond donors (Lipinski definition) is 5. The number of nitrogens with one attached hydrogen (secondary N) is 1. The smallest absolute Gasteiger partial charge is 0.475 e. The number of cyclic esters (lactones) is 1. The highest BCUT2D eigenvalue weighted by Crippen LogP contribution is 2.40. The van der Waals surface area contributed by atoms with Gasteiger partial charge < -0.3 is 35.2 Å². The number of carbonyl (C=O) groups excluding carboxylic acids is 1. The maximum absolute atomic E-state index is 12.9. The number of methoxy groups -OCH3 is 1. The minimum absolute atomic E-state index is 0.0416. The molecule has 0 amide bonds. The topological polar surface area (TPSA) is 158 Å². The van der Waals surface area contributed by atoms with Crippen LogP contribution in [0.2, 0.25) is 0 Å². The molecule has 8 unspecified atom stereocenters. The van der Waals surface area contributed by atoms with Gasteiger partial charge >= 0.3 is 18.1 Å². The number of rotatable bonds is 9. The summed E-state index contributed by atoms with van der Waals surface area (Å²) in [6, 6.07) is 3.53. The molecule has 10 nitrogen and oxygen atoms in total. The Morgan fingerprint density at radius 3 is 2.24 bits per heavy atom. The van der Waals surface area contributed by atoms with E-state index in [0.717, 1.165) is 11.1 Å². The molecule has 5 N–H and O–H groups in total. The lowest BCUT2D eigenvalue weighted by atomic mass is 9.69. The van der Waals surface area contributed by atoms with Crippen LogP contribution in [0.1, 0.15) is 53.0 Å². The van der Waals surface area contributed by atoms with Gasteiger partial charge in [0, 0.05) is 43.9 Å². The van der Waals surface area contributed by atoms with Crippen molar-refractivity contribution in [2.24, 2.45) is 29.6 Å². The van der Waals surface area contributed by atoms with Crippen LogP contribution in [0.4, 0.5) is 13.2 Å². The first-order valence-corrected chi connectivity index (χ1v) is 15.0. The Morgan fingerprint density at radius 2 is 1.73 bits per heavy atom. The molecule has 1 aliphatic carbocycles. The third-order valence-corrected chi connectivity index (χ3v) is 8.71.